The number of unbranched alkanes of at least 4 members (excludes halogenated alkanes) is 1. The lowest BCUT2D eigenvalue weighted by Crippen LogP contribution is -2.38. The Morgan fingerprint density at radius 1 is 1.21 bits per heavy atom. The van der Waals surface area contributed by atoms with Gasteiger partial charge in [-0.25, -0.2) is 13.8 Å². The van der Waals surface area contributed by atoms with Gasteiger partial charge in [0, 0.05) is 19.0 Å². The second-order valence-electron chi connectivity index (χ2n) is 9.57. The minimum atomic E-state index is -0.681. The maximum Gasteiger partial charge on any atom is 0.182 e. The highest BCUT2D eigenvalue weighted by atomic mass is 19.1. The predicted molar refractivity (Wildman–Crippen MR) is 120 cm³/mol. The fourth-order valence-electron chi connectivity index (χ4n) is 5.92. The van der Waals surface area contributed by atoms with Gasteiger partial charge in [0.25, 0.3) is 0 Å². The molecule has 1 fully saturated rings. The molecular formula is C26H23F2N5O. The van der Waals surface area contributed by atoms with Crippen molar-refractivity contribution in [1.82, 2.24) is 20.2 Å². The number of benzene rings is 1. The van der Waals surface area contributed by atoms with Crippen molar-refractivity contribution in [3.63, 3.8) is 0 Å². The summed E-state index contributed by atoms with van der Waals surface area (Å²) in [5.41, 5.74) is 1.64. The van der Waals surface area contributed by atoms with Gasteiger partial charge in [0.1, 0.15) is 17.3 Å². The van der Waals surface area contributed by atoms with E-state index in [0.29, 0.717) is 18.5 Å². The van der Waals surface area contributed by atoms with E-state index in [4.69, 9.17) is 10.2 Å². The third-order valence-corrected chi connectivity index (χ3v) is 7.65. The van der Waals surface area contributed by atoms with Gasteiger partial charge in [0.05, 0.1) is 40.3 Å². The highest BCUT2D eigenvalue weighted by Crippen LogP contribution is 2.69. The average molecular weight is 460 g/mol. The van der Waals surface area contributed by atoms with Gasteiger partial charge in [-0.2, -0.15) is 10.4 Å². The van der Waals surface area contributed by atoms with Crippen molar-refractivity contribution in [2.24, 2.45) is 5.41 Å². The molecule has 34 heavy (non-hydrogen) atoms. The molecule has 6 nitrogen and oxygen atoms in total. The van der Waals surface area contributed by atoms with Crippen LogP contribution in [-0.4, -0.2) is 25.9 Å². The summed E-state index contributed by atoms with van der Waals surface area (Å²) in [5, 5.41) is 17.5. The number of hydrogen-bond donors (Lipinski definition) is 0. The van der Waals surface area contributed by atoms with Crippen LogP contribution in [0, 0.1) is 28.4 Å². The SMILES string of the molecule is CC1(C)[C@H]2CC[C@]1(c1cncc(C(=O)CCCC#N)n1)c1nnc(-c3c(F)cccc3F)cc12. The zero-order valence-electron chi connectivity index (χ0n) is 19.0. The van der Waals surface area contributed by atoms with Crippen molar-refractivity contribution >= 4 is 5.78 Å². The van der Waals surface area contributed by atoms with Gasteiger partial charge in [-0.1, -0.05) is 19.9 Å². The minimum Gasteiger partial charge on any atom is -0.292 e. The maximum absolute atomic E-state index is 14.4. The quantitative estimate of drug-likeness (QED) is 0.367. The Balaban J connectivity index is 1.60. The Hall–Kier alpha value is -3.60. The van der Waals surface area contributed by atoms with Crippen LogP contribution >= 0.6 is 0 Å². The lowest BCUT2D eigenvalue weighted by Gasteiger charge is -2.37. The third kappa shape index (κ3) is 3.07. The van der Waals surface area contributed by atoms with Gasteiger partial charge in [-0.05, 0) is 54.4 Å². The average Bonchev–Trinajstić information content (AvgIpc) is 3.20. The lowest BCUT2D eigenvalue weighted by molar-refractivity contribution is 0.0974. The molecule has 2 aliphatic carbocycles. The number of hydrogen-bond acceptors (Lipinski definition) is 6. The molecule has 0 saturated heterocycles. The molecule has 2 aromatic heterocycles. The number of fused-ring (bicyclic) bond motifs is 5. The van der Waals surface area contributed by atoms with E-state index in [1.54, 1.807) is 12.3 Å². The van der Waals surface area contributed by atoms with Crippen LogP contribution < -0.4 is 0 Å². The van der Waals surface area contributed by atoms with E-state index in [0.717, 1.165) is 24.1 Å². The molecule has 2 atom stereocenters. The van der Waals surface area contributed by atoms with Crippen molar-refractivity contribution < 1.29 is 13.6 Å². The molecule has 8 heteroatoms. The van der Waals surface area contributed by atoms with E-state index in [1.165, 1.54) is 24.4 Å². The molecule has 0 amide bonds. The van der Waals surface area contributed by atoms with Gasteiger partial charge in [0.2, 0.25) is 0 Å². The highest BCUT2D eigenvalue weighted by Gasteiger charge is 2.65. The first-order valence-electron chi connectivity index (χ1n) is 11.4. The summed E-state index contributed by atoms with van der Waals surface area (Å²) in [5.74, 6) is -1.41. The van der Waals surface area contributed by atoms with Crippen LogP contribution in [0.15, 0.2) is 36.7 Å². The van der Waals surface area contributed by atoms with Crippen LogP contribution in [0.3, 0.4) is 0 Å². The molecular weight excluding hydrogens is 436 g/mol. The largest absolute Gasteiger partial charge is 0.292 e. The Bertz CT molecular complexity index is 1330. The number of carbonyl (C=O) groups is 1. The van der Waals surface area contributed by atoms with E-state index >= 15 is 0 Å². The number of nitriles is 1. The van der Waals surface area contributed by atoms with Crippen LogP contribution in [0.4, 0.5) is 8.78 Å². The van der Waals surface area contributed by atoms with Crippen LogP contribution in [0.25, 0.3) is 11.3 Å². The van der Waals surface area contributed by atoms with Crippen LogP contribution in [0.2, 0.25) is 0 Å². The Morgan fingerprint density at radius 2 is 1.97 bits per heavy atom. The van der Waals surface area contributed by atoms with E-state index < -0.39 is 17.0 Å². The number of nitrogens with zero attached hydrogens (tertiary/aromatic N) is 5. The zero-order valence-corrected chi connectivity index (χ0v) is 19.0. The third-order valence-electron chi connectivity index (χ3n) is 7.65. The zero-order chi connectivity index (χ0) is 24.1. The van der Waals surface area contributed by atoms with Crippen molar-refractivity contribution in [3.8, 4) is 17.3 Å². The summed E-state index contributed by atoms with van der Waals surface area (Å²) < 4.78 is 28.8. The first kappa shape index (κ1) is 22.2. The molecule has 3 aromatic rings. The number of aromatic nitrogens is 4. The predicted octanol–water partition coefficient (Wildman–Crippen LogP) is 5.29. The molecule has 2 heterocycles. The van der Waals surface area contributed by atoms with Crippen LogP contribution in [0.1, 0.15) is 79.3 Å². The van der Waals surface area contributed by atoms with Crippen LogP contribution in [0.5, 0.6) is 0 Å². The van der Waals surface area contributed by atoms with Crippen LogP contribution in [-0.2, 0) is 5.41 Å². The number of rotatable bonds is 6. The number of ketones is 1. The molecule has 0 N–H and O–H groups in total. The van der Waals surface area contributed by atoms with Gasteiger partial charge in [0.15, 0.2) is 5.78 Å². The van der Waals surface area contributed by atoms with Gasteiger partial charge < -0.3 is 0 Å². The smallest absolute Gasteiger partial charge is 0.182 e. The molecule has 2 aliphatic rings. The lowest BCUT2D eigenvalue weighted by atomic mass is 9.66. The van der Waals surface area contributed by atoms with E-state index in [2.05, 4.69) is 29.0 Å². The summed E-state index contributed by atoms with van der Waals surface area (Å²) in [6.45, 7) is 4.28. The van der Waals surface area contributed by atoms with Crippen molar-refractivity contribution in [2.75, 3.05) is 0 Å². The molecule has 172 valence electrons. The first-order chi connectivity index (χ1) is 16.3. The van der Waals surface area contributed by atoms with Crippen molar-refractivity contribution in [2.45, 2.75) is 57.3 Å². The summed E-state index contributed by atoms with van der Waals surface area (Å²) >= 11 is 0. The van der Waals surface area contributed by atoms with E-state index in [9.17, 15) is 13.6 Å². The number of halogens is 2. The maximum atomic E-state index is 14.4. The highest BCUT2D eigenvalue weighted by molar-refractivity contribution is 5.94. The second-order valence-corrected chi connectivity index (χ2v) is 9.57. The minimum absolute atomic E-state index is 0.100. The van der Waals surface area contributed by atoms with Gasteiger partial charge in [-0.3, -0.25) is 9.78 Å². The molecule has 0 radical (unpaired) electrons. The Labute approximate surface area is 196 Å². The molecule has 1 saturated carbocycles. The van der Waals surface area contributed by atoms with Gasteiger partial charge >= 0.3 is 0 Å². The summed E-state index contributed by atoms with van der Waals surface area (Å²) in [6, 6.07) is 7.54. The monoisotopic (exact) mass is 459 g/mol. The fourth-order valence-corrected chi connectivity index (χ4v) is 5.92. The standard InChI is InChI=1S/C26H23F2N5O/c1-25(2)16-9-10-26(25,22-14-30-13-20(31-22)21(34)8-3-4-11-29)24-15(16)12-19(32-33-24)23-17(27)6-5-7-18(23)28/h5-7,12-14,16H,3-4,8-10H2,1-2H3/t16-,26-/m0/s1. The van der Waals surface area contributed by atoms with E-state index in [-0.39, 0.29) is 40.5 Å². The van der Waals surface area contributed by atoms with Gasteiger partial charge in [-0.15, -0.1) is 5.10 Å². The summed E-state index contributed by atoms with van der Waals surface area (Å²) in [4.78, 5) is 21.7. The van der Waals surface area contributed by atoms with Crippen molar-refractivity contribution in [1.29, 1.82) is 5.26 Å². The molecule has 0 unspecified atom stereocenters. The van der Waals surface area contributed by atoms with Crippen molar-refractivity contribution in [3.05, 3.63) is 70.9 Å². The molecule has 1 aromatic carbocycles. The molecule has 5 rings (SSSR count). The Morgan fingerprint density at radius 3 is 2.71 bits per heavy atom. The Kier molecular flexibility index (Phi) is 5.23. The summed E-state index contributed by atoms with van der Waals surface area (Å²) in [6.07, 6.45) is 5.78. The number of Topliss-reactive ketones (excluding diaryl/α,β-unsaturated/α-hetero) is 1. The first-order valence-corrected chi connectivity index (χ1v) is 11.4. The normalized spacial score (nSPS) is 21.8. The second kappa shape index (κ2) is 8.01. The number of carbonyl (C=O) groups excluding carboxylic acids is 1. The summed E-state index contributed by atoms with van der Waals surface area (Å²) in [7, 11) is 0. The topological polar surface area (TPSA) is 92.4 Å². The fraction of sp³-hybridized carbons (Fsp3) is 0.385. The molecule has 0 spiro atoms. The molecule has 2 bridgehead atoms. The molecule has 0 aliphatic heterocycles. The van der Waals surface area contributed by atoms with E-state index in [1.807, 2.05) is 6.07 Å².